The SMILES string of the molecule is CN(Cc1ccc(Cl)c(Cl)c1)C(=O)CSc1ccnc2ccccc12. The summed E-state index contributed by atoms with van der Waals surface area (Å²) in [5.41, 5.74) is 1.88. The Morgan fingerprint density at radius 1 is 1.12 bits per heavy atom. The van der Waals surface area contributed by atoms with Gasteiger partial charge in [0.1, 0.15) is 0 Å². The lowest BCUT2D eigenvalue weighted by molar-refractivity contribution is -0.127. The fraction of sp³-hybridized carbons (Fsp3) is 0.158. The molecule has 0 aliphatic heterocycles. The molecular formula is C19H16Cl2N2OS. The second kappa shape index (κ2) is 8.09. The van der Waals surface area contributed by atoms with Gasteiger partial charge in [0.15, 0.2) is 0 Å². The minimum Gasteiger partial charge on any atom is -0.341 e. The average Bonchev–Trinajstić information content (AvgIpc) is 2.62. The number of hydrogen-bond acceptors (Lipinski definition) is 3. The van der Waals surface area contributed by atoms with Crippen LogP contribution in [-0.2, 0) is 11.3 Å². The van der Waals surface area contributed by atoms with Crippen molar-refractivity contribution >= 4 is 51.8 Å². The van der Waals surface area contributed by atoms with Crippen molar-refractivity contribution in [1.82, 2.24) is 9.88 Å². The maximum Gasteiger partial charge on any atom is 0.232 e. The predicted molar refractivity (Wildman–Crippen MR) is 105 cm³/mol. The smallest absolute Gasteiger partial charge is 0.232 e. The fourth-order valence-electron chi connectivity index (χ4n) is 2.45. The summed E-state index contributed by atoms with van der Waals surface area (Å²) in [5.74, 6) is 0.420. The fourth-order valence-corrected chi connectivity index (χ4v) is 3.75. The Labute approximate surface area is 161 Å². The molecule has 25 heavy (non-hydrogen) atoms. The maximum absolute atomic E-state index is 12.4. The van der Waals surface area contributed by atoms with Crippen LogP contribution in [-0.4, -0.2) is 28.6 Å². The van der Waals surface area contributed by atoms with E-state index in [2.05, 4.69) is 4.98 Å². The van der Waals surface area contributed by atoms with Gasteiger partial charge in [0, 0.05) is 30.1 Å². The molecule has 3 rings (SSSR count). The first-order valence-electron chi connectivity index (χ1n) is 7.69. The Hall–Kier alpha value is -1.75. The van der Waals surface area contributed by atoms with Gasteiger partial charge in [-0.3, -0.25) is 9.78 Å². The topological polar surface area (TPSA) is 33.2 Å². The zero-order valence-electron chi connectivity index (χ0n) is 13.6. The van der Waals surface area contributed by atoms with Crippen molar-refractivity contribution in [3.05, 3.63) is 70.3 Å². The van der Waals surface area contributed by atoms with E-state index in [-0.39, 0.29) is 5.91 Å². The first-order chi connectivity index (χ1) is 12.0. The molecule has 0 spiro atoms. The number of thioether (sulfide) groups is 1. The molecule has 2 aromatic carbocycles. The van der Waals surface area contributed by atoms with Crippen molar-refractivity contribution < 1.29 is 4.79 Å². The molecule has 3 aromatic rings. The third-order valence-electron chi connectivity index (χ3n) is 3.79. The molecule has 0 aliphatic rings. The highest BCUT2D eigenvalue weighted by atomic mass is 35.5. The molecule has 0 aliphatic carbocycles. The van der Waals surface area contributed by atoms with Crippen LogP contribution in [0.2, 0.25) is 10.0 Å². The number of para-hydroxylation sites is 1. The number of pyridine rings is 1. The van der Waals surface area contributed by atoms with Gasteiger partial charge in [0.25, 0.3) is 0 Å². The first-order valence-corrected chi connectivity index (χ1v) is 9.43. The van der Waals surface area contributed by atoms with Gasteiger partial charge in [-0.2, -0.15) is 0 Å². The summed E-state index contributed by atoms with van der Waals surface area (Å²) in [6, 6.07) is 15.3. The monoisotopic (exact) mass is 390 g/mol. The van der Waals surface area contributed by atoms with Crippen LogP contribution in [0.3, 0.4) is 0 Å². The Morgan fingerprint density at radius 2 is 1.92 bits per heavy atom. The molecule has 0 unspecified atom stereocenters. The highest BCUT2D eigenvalue weighted by molar-refractivity contribution is 8.00. The van der Waals surface area contributed by atoms with E-state index in [4.69, 9.17) is 23.2 Å². The molecule has 0 saturated carbocycles. The van der Waals surface area contributed by atoms with Gasteiger partial charge in [-0.1, -0.05) is 47.5 Å². The predicted octanol–water partition coefficient (Wildman–Crippen LogP) is 5.29. The highest BCUT2D eigenvalue weighted by Crippen LogP contribution is 2.27. The molecule has 1 heterocycles. The summed E-state index contributed by atoms with van der Waals surface area (Å²) in [5, 5.41) is 2.08. The number of rotatable bonds is 5. The minimum absolute atomic E-state index is 0.0527. The van der Waals surface area contributed by atoms with Crippen molar-refractivity contribution in [2.24, 2.45) is 0 Å². The third kappa shape index (κ3) is 4.46. The Morgan fingerprint density at radius 3 is 2.72 bits per heavy atom. The van der Waals surface area contributed by atoms with Crippen molar-refractivity contribution in [2.75, 3.05) is 12.8 Å². The van der Waals surface area contributed by atoms with Crippen molar-refractivity contribution in [1.29, 1.82) is 0 Å². The Bertz CT molecular complexity index is 912. The van der Waals surface area contributed by atoms with Crippen LogP contribution in [0.1, 0.15) is 5.56 Å². The molecule has 128 valence electrons. The van der Waals surface area contributed by atoms with Crippen LogP contribution in [0, 0.1) is 0 Å². The van der Waals surface area contributed by atoms with E-state index in [0.717, 1.165) is 21.4 Å². The van der Waals surface area contributed by atoms with E-state index >= 15 is 0 Å². The quantitative estimate of drug-likeness (QED) is 0.554. The van der Waals surface area contributed by atoms with E-state index in [0.29, 0.717) is 22.3 Å². The summed E-state index contributed by atoms with van der Waals surface area (Å²) in [7, 11) is 1.79. The van der Waals surface area contributed by atoms with Gasteiger partial charge in [0.2, 0.25) is 5.91 Å². The van der Waals surface area contributed by atoms with Gasteiger partial charge >= 0.3 is 0 Å². The number of carbonyl (C=O) groups is 1. The first kappa shape index (κ1) is 18.1. The van der Waals surface area contributed by atoms with Crippen LogP contribution in [0.5, 0.6) is 0 Å². The summed E-state index contributed by atoms with van der Waals surface area (Å²) in [6.45, 7) is 0.493. The van der Waals surface area contributed by atoms with Crippen LogP contribution in [0.25, 0.3) is 10.9 Å². The zero-order chi connectivity index (χ0) is 17.8. The van der Waals surface area contributed by atoms with Crippen molar-refractivity contribution in [3.8, 4) is 0 Å². The number of fused-ring (bicyclic) bond motifs is 1. The van der Waals surface area contributed by atoms with Crippen LogP contribution in [0.15, 0.2) is 59.6 Å². The number of nitrogens with zero attached hydrogens (tertiary/aromatic N) is 2. The summed E-state index contributed by atoms with van der Waals surface area (Å²) in [4.78, 5) is 19.5. The van der Waals surface area contributed by atoms with E-state index in [1.54, 1.807) is 30.3 Å². The number of amides is 1. The molecule has 0 N–H and O–H groups in total. The summed E-state index contributed by atoms with van der Waals surface area (Å²) in [6.07, 6.45) is 1.77. The second-order valence-corrected chi connectivity index (χ2v) is 7.44. The lowest BCUT2D eigenvalue weighted by atomic mass is 10.2. The number of hydrogen-bond donors (Lipinski definition) is 0. The summed E-state index contributed by atoms with van der Waals surface area (Å²) >= 11 is 13.5. The van der Waals surface area contributed by atoms with Gasteiger partial charge in [-0.25, -0.2) is 0 Å². The van der Waals surface area contributed by atoms with Crippen LogP contribution in [0.4, 0.5) is 0 Å². The molecular weight excluding hydrogens is 375 g/mol. The van der Waals surface area contributed by atoms with Crippen LogP contribution < -0.4 is 0 Å². The third-order valence-corrected chi connectivity index (χ3v) is 5.59. The summed E-state index contributed by atoms with van der Waals surface area (Å²) < 4.78 is 0. The van der Waals surface area contributed by atoms with E-state index in [9.17, 15) is 4.79 Å². The van der Waals surface area contributed by atoms with Gasteiger partial charge < -0.3 is 4.90 Å². The van der Waals surface area contributed by atoms with Gasteiger partial charge in [-0.05, 0) is 29.8 Å². The van der Waals surface area contributed by atoms with Gasteiger partial charge in [-0.15, -0.1) is 11.8 Å². The van der Waals surface area contributed by atoms with Crippen LogP contribution >= 0.6 is 35.0 Å². The number of carbonyl (C=O) groups excluding carboxylic acids is 1. The van der Waals surface area contributed by atoms with E-state index in [1.165, 1.54) is 11.8 Å². The molecule has 1 aromatic heterocycles. The zero-order valence-corrected chi connectivity index (χ0v) is 15.9. The average molecular weight is 391 g/mol. The van der Waals surface area contributed by atoms with Crippen molar-refractivity contribution in [2.45, 2.75) is 11.4 Å². The molecule has 0 radical (unpaired) electrons. The van der Waals surface area contributed by atoms with Crippen molar-refractivity contribution in [3.63, 3.8) is 0 Å². The molecule has 3 nitrogen and oxygen atoms in total. The second-order valence-electron chi connectivity index (χ2n) is 5.61. The number of benzene rings is 2. The minimum atomic E-state index is 0.0527. The highest BCUT2D eigenvalue weighted by Gasteiger charge is 2.12. The Balaban J connectivity index is 1.64. The molecule has 0 bridgehead atoms. The van der Waals surface area contributed by atoms with E-state index < -0.39 is 0 Å². The molecule has 1 amide bonds. The Kier molecular flexibility index (Phi) is 5.84. The number of halogens is 2. The lowest BCUT2D eigenvalue weighted by Crippen LogP contribution is -2.27. The number of aromatic nitrogens is 1. The normalized spacial score (nSPS) is 10.8. The van der Waals surface area contributed by atoms with E-state index in [1.807, 2.05) is 36.4 Å². The molecule has 0 saturated heterocycles. The van der Waals surface area contributed by atoms with Gasteiger partial charge in [0.05, 0.1) is 21.3 Å². The standard InChI is InChI=1S/C19H16Cl2N2OS/c1-23(11-13-6-7-15(20)16(21)10-13)19(24)12-25-18-8-9-22-17-5-3-2-4-14(17)18/h2-10H,11-12H2,1H3. The maximum atomic E-state index is 12.4. The molecule has 0 atom stereocenters. The molecule has 0 fully saturated rings. The largest absolute Gasteiger partial charge is 0.341 e. The molecule has 6 heteroatoms. The lowest BCUT2D eigenvalue weighted by Gasteiger charge is -2.17.